The molecule has 1 amide bonds. The minimum Gasteiger partial charge on any atom is -0.381 e. The van der Waals surface area contributed by atoms with E-state index in [4.69, 9.17) is 10.5 Å². The van der Waals surface area contributed by atoms with Crippen LogP contribution in [-0.4, -0.2) is 31.2 Å². The van der Waals surface area contributed by atoms with E-state index in [2.05, 4.69) is 5.32 Å². The molecule has 0 aromatic heterocycles. The Hall–Kier alpha value is -0.610. The number of carbonyl (C=O) groups excluding carboxylic acids is 1. The fourth-order valence-corrected chi connectivity index (χ4v) is 1.53. The maximum absolute atomic E-state index is 11.2. The highest BCUT2D eigenvalue weighted by molar-refractivity contribution is 5.76. The van der Waals surface area contributed by atoms with Gasteiger partial charge in [-0.25, -0.2) is 0 Å². The van der Waals surface area contributed by atoms with Gasteiger partial charge in [-0.3, -0.25) is 4.79 Å². The minimum absolute atomic E-state index is 0.0763. The summed E-state index contributed by atoms with van der Waals surface area (Å²) in [5, 5.41) is 2.99. The first-order valence-electron chi connectivity index (χ1n) is 4.81. The molecule has 0 aliphatic carbocycles. The molecule has 4 heteroatoms. The number of hydrogen-bond donors (Lipinski definition) is 2. The van der Waals surface area contributed by atoms with E-state index in [0.29, 0.717) is 26.2 Å². The van der Waals surface area contributed by atoms with Crippen molar-refractivity contribution < 1.29 is 9.53 Å². The largest absolute Gasteiger partial charge is 0.381 e. The molecule has 3 N–H and O–H groups in total. The van der Waals surface area contributed by atoms with Gasteiger partial charge in [0.05, 0.1) is 5.54 Å². The molecular weight excluding hydrogens is 168 g/mol. The van der Waals surface area contributed by atoms with Crippen LogP contribution < -0.4 is 11.1 Å². The number of nitrogens with one attached hydrogen (secondary N) is 1. The van der Waals surface area contributed by atoms with Gasteiger partial charge in [-0.2, -0.15) is 0 Å². The van der Waals surface area contributed by atoms with Crippen molar-refractivity contribution in [3.8, 4) is 0 Å². The summed E-state index contributed by atoms with van der Waals surface area (Å²) in [5.41, 5.74) is 5.47. The average Bonchev–Trinajstić information content (AvgIpc) is 2.19. The van der Waals surface area contributed by atoms with Crippen molar-refractivity contribution in [2.75, 3.05) is 19.8 Å². The first-order chi connectivity index (χ1) is 6.22. The minimum atomic E-state index is -0.203. The van der Waals surface area contributed by atoms with E-state index in [9.17, 15) is 4.79 Å². The molecule has 1 rings (SSSR count). The first kappa shape index (κ1) is 10.5. The zero-order valence-electron chi connectivity index (χ0n) is 8.14. The summed E-state index contributed by atoms with van der Waals surface area (Å²) in [5.74, 6) is 0.0763. The van der Waals surface area contributed by atoms with Crippen molar-refractivity contribution in [1.29, 1.82) is 0 Å². The number of hydrogen-bond acceptors (Lipinski definition) is 3. The lowest BCUT2D eigenvalue weighted by Crippen LogP contribution is -2.56. The van der Waals surface area contributed by atoms with Crippen molar-refractivity contribution in [3.63, 3.8) is 0 Å². The first-order valence-corrected chi connectivity index (χ1v) is 4.81. The lowest BCUT2D eigenvalue weighted by atomic mass is 9.90. The predicted molar refractivity (Wildman–Crippen MR) is 50.3 cm³/mol. The molecule has 0 spiro atoms. The molecule has 13 heavy (non-hydrogen) atoms. The van der Waals surface area contributed by atoms with Crippen LogP contribution in [0.2, 0.25) is 0 Å². The molecule has 1 heterocycles. The molecule has 0 radical (unpaired) electrons. The summed E-state index contributed by atoms with van der Waals surface area (Å²) in [6.07, 6.45) is 2.17. The summed E-state index contributed by atoms with van der Waals surface area (Å²) >= 11 is 0. The fourth-order valence-electron chi connectivity index (χ4n) is 1.53. The summed E-state index contributed by atoms with van der Waals surface area (Å²) in [4.78, 5) is 11.2. The zero-order valence-corrected chi connectivity index (χ0v) is 8.14. The Kier molecular flexibility index (Phi) is 3.69. The number of carbonyl (C=O) groups is 1. The van der Waals surface area contributed by atoms with Gasteiger partial charge >= 0.3 is 0 Å². The number of nitrogens with two attached hydrogens (primary N) is 1. The van der Waals surface area contributed by atoms with Crippen LogP contribution in [0.5, 0.6) is 0 Å². The van der Waals surface area contributed by atoms with Gasteiger partial charge in [0.2, 0.25) is 5.91 Å². The average molecular weight is 186 g/mol. The summed E-state index contributed by atoms with van der Waals surface area (Å²) in [6, 6.07) is 0. The van der Waals surface area contributed by atoms with E-state index in [-0.39, 0.29) is 11.4 Å². The summed E-state index contributed by atoms with van der Waals surface area (Å²) < 4.78 is 5.23. The van der Waals surface area contributed by atoms with Crippen LogP contribution >= 0.6 is 0 Å². The fraction of sp³-hybridized carbons (Fsp3) is 0.889. The second kappa shape index (κ2) is 4.58. The highest BCUT2D eigenvalue weighted by atomic mass is 16.5. The van der Waals surface area contributed by atoms with Crippen LogP contribution in [0.1, 0.15) is 26.2 Å². The van der Waals surface area contributed by atoms with Crippen molar-refractivity contribution in [2.45, 2.75) is 31.7 Å². The van der Waals surface area contributed by atoms with Gasteiger partial charge < -0.3 is 15.8 Å². The Labute approximate surface area is 78.8 Å². The third-order valence-corrected chi connectivity index (χ3v) is 2.57. The zero-order chi connectivity index (χ0) is 9.73. The van der Waals surface area contributed by atoms with Gasteiger partial charge in [-0.1, -0.05) is 6.92 Å². The molecule has 0 saturated carbocycles. The topological polar surface area (TPSA) is 64.4 Å². The molecule has 1 aliphatic rings. The van der Waals surface area contributed by atoms with Crippen LogP contribution in [0.3, 0.4) is 0 Å². The number of rotatable bonds is 3. The molecule has 1 fully saturated rings. The maximum Gasteiger partial charge on any atom is 0.220 e. The molecule has 0 aromatic carbocycles. The van der Waals surface area contributed by atoms with Crippen LogP contribution in [-0.2, 0) is 9.53 Å². The van der Waals surface area contributed by atoms with Gasteiger partial charge in [0.1, 0.15) is 0 Å². The van der Waals surface area contributed by atoms with Gasteiger partial charge in [0, 0.05) is 26.2 Å². The highest BCUT2D eigenvalue weighted by Crippen LogP contribution is 2.19. The van der Waals surface area contributed by atoms with Crippen LogP contribution in [0.25, 0.3) is 0 Å². The Morgan fingerprint density at radius 2 is 2.15 bits per heavy atom. The van der Waals surface area contributed by atoms with Gasteiger partial charge in [-0.15, -0.1) is 0 Å². The van der Waals surface area contributed by atoms with Crippen LogP contribution in [0, 0.1) is 0 Å². The smallest absolute Gasteiger partial charge is 0.220 e. The van der Waals surface area contributed by atoms with Gasteiger partial charge in [0.25, 0.3) is 0 Å². The van der Waals surface area contributed by atoms with Crippen LogP contribution in [0.15, 0.2) is 0 Å². The summed E-state index contributed by atoms with van der Waals surface area (Å²) in [7, 11) is 0. The standard InChI is InChI=1S/C9H18N2O2/c1-2-8(12)11-9(7-10)3-5-13-6-4-9/h2-7,10H2,1H3,(H,11,12). The normalized spacial score (nSPS) is 21.1. The third-order valence-electron chi connectivity index (χ3n) is 2.57. The van der Waals surface area contributed by atoms with E-state index < -0.39 is 0 Å². The van der Waals surface area contributed by atoms with Gasteiger partial charge in [-0.05, 0) is 12.8 Å². The molecule has 0 aromatic rings. The molecule has 4 nitrogen and oxygen atoms in total. The second-order valence-electron chi connectivity index (χ2n) is 3.50. The third kappa shape index (κ3) is 2.67. The van der Waals surface area contributed by atoms with E-state index in [1.54, 1.807) is 0 Å². The van der Waals surface area contributed by atoms with Crippen molar-refractivity contribution in [1.82, 2.24) is 5.32 Å². The molecule has 0 unspecified atom stereocenters. The molecule has 76 valence electrons. The number of amides is 1. The highest BCUT2D eigenvalue weighted by Gasteiger charge is 2.32. The lowest BCUT2D eigenvalue weighted by molar-refractivity contribution is -0.123. The Balaban J connectivity index is 2.52. The summed E-state index contributed by atoms with van der Waals surface area (Å²) in [6.45, 7) is 3.74. The van der Waals surface area contributed by atoms with Crippen molar-refractivity contribution >= 4 is 5.91 Å². The van der Waals surface area contributed by atoms with Gasteiger partial charge in [0.15, 0.2) is 0 Å². The quantitative estimate of drug-likeness (QED) is 0.653. The lowest BCUT2D eigenvalue weighted by Gasteiger charge is -2.36. The Bertz CT molecular complexity index is 176. The predicted octanol–water partition coefficient (Wildman–Crippen LogP) is 0.0205. The Morgan fingerprint density at radius 3 is 2.62 bits per heavy atom. The molecule has 0 atom stereocenters. The SMILES string of the molecule is CCC(=O)NC1(CN)CCOCC1. The molecular formula is C9H18N2O2. The van der Waals surface area contributed by atoms with E-state index in [1.807, 2.05) is 6.92 Å². The Morgan fingerprint density at radius 1 is 1.54 bits per heavy atom. The number of ether oxygens (including phenoxy) is 1. The van der Waals surface area contributed by atoms with Crippen molar-refractivity contribution in [2.24, 2.45) is 5.73 Å². The molecule has 1 saturated heterocycles. The van der Waals surface area contributed by atoms with Crippen molar-refractivity contribution in [3.05, 3.63) is 0 Å². The van der Waals surface area contributed by atoms with Crippen LogP contribution in [0.4, 0.5) is 0 Å². The monoisotopic (exact) mass is 186 g/mol. The van der Waals surface area contributed by atoms with E-state index in [0.717, 1.165) is 12.8 Å². The molecule has 1 aliphatic heterocycles. The second-order valence-corrected chi connectivity index (χ2v) is 3.50. The van der Waals surface area contributed by atoms with E-state index >= 15 is 0 Å². The van der Waals surface area contributed by atoms with E-state index in [1.165, 1.54) is 0 Å². The maximum atomic E-state index is 11.2. The molecule has 0 bridgehead atoms.